The van der Waals surface area contributed by atoms with E-state index in [0.717, 1.165) is 0 Å². The number of fused-ring (bicyclic) bond motifs is 7. The van der Waals surface area contributed by atoms with E-state index in [9.17, 15) is 0 Å². The van der Waals surface area contributed by atoms with Crippen molar-refractivity contribution in [3.8, 4) is 22.3 Å². The van der Waals surface area contributed by atoms with Crippen molar-refractivity contribution in [1.82, 2.24) is 4.40 Å². The Kier molecular flexibility index (Phi) is 3.59. The van der Waals surface area contributed by atoms with Crippen LogP contribution in [0.25, 0.3) is 81.9 Å². The zero-order valence-corrected chi connectivity index (χ0v) is 20.1. The molecule has 9 rings (SSSR count). The lowest BCUT2D eigenvalue weighted by molar-refractivity contribution is 1.37. The highest BCUT2D eigenvalue weighted by Crippen LogP contribution is 2.49. The molecule has 2 aromatic heterocycles. The molecule has 0 N–H and O–H groups in total. The lowest BCUT2D eigenvalue weighted by atomic mass is 9.88. The Balaban J connectivity index is 1.45. The van der Waals surface area contributed by atoms with Crippen LogP contribution in [-0.4, -0.2) is 4.40 Å². The Morgan fingerprint density at radius 1 is 0.324 bits per heavy atom. The third-order valence-electron chi connectivity index (χ3n) is 8.30. The highest BCUT2D eigenvalue weighted by atomic mass is 14.9. The van der Waals surface area contributed by atoms with E-state index in [0.29, 0.717) is 0 Å². The number of rotatable bonds is 2. The van der Waals surface area contributed by atoms with Gasteiger partial charge >= 0.3 is 0 Å². The summed E-state index contributed by atoms with van der Waals surface area (Å²) in [5.74, 6) is 0. The molecular weight excluding hydrogens is 446 g/mol. The second-order valence-electron chi connectivity index (χ2n) is 10.1. The average molecular weight is 468 g/mol. The van der Waals surface area contributed by atoms with Gasteiger partial charge in [0.1, 0.15) is 0 Å². The van der Waals surface area contributed by atoms with Crippen LogP contribution in [0.2, 0.25) is 0 Å². The van der Waals surface area contributed by atoms with Crippen molar-refractivity contribution in [2.24, 2.45) is 0 Å². The predicted molar refractivity (Wildman–Crippen MR) is 158 cm³/mol. The van der Waals surface area contributed by atoms with Gasteiger partial charge in [0, 0.05) is 26.9 Å². The molecule has 1 heteroatoms. The van der Waals surface area contributed by atoms with E-state index in [2.05, 4.69) is 132 Å². The standard InChI is InChI=1S/C36H21N/c1-2-8-22(9-3-1)23-14-16-24(17-15-23)25-20-21-32-35-33(25)28-12-5-4-10-26(28)29-18-19-30-27-11-6-7-13-31(27)37(32)36(30)34(29)35/h1-21H. The fraction of sp³-hybridized carbons (Fsp3) is 0. The predicted octanol–water partition coefficient (Wildman–Crippen LogP) is 9.91. The number of benzene rings is 7. The zero-order valence-electron chi connectivity index (χ0n) is 20.1. The minimum Gasteiger partial charge on any atom is -0.308 e. The van der Waals surface area contributed by atoms with Gasteiger partial charge < -0.3 is 4.40 Å². The monoisotopic (exact) mass is 467 g/mol. The Bertz CT molecular complexity index is 2270. The quantitative estimate of drug-likeness (QED) is 0.223. The SMILES string of the molecule is c1ccc(-c2ccc(-c3ccc4c5c3c3ccccc3c3ccc6c7ccccc7n4c6c35)cc2)cc1. The van der Waals surface area contributed by atoms with Gasteiger partial charge in [-0.25, -0.2) is 0 Å². The molecule has 0 aliphatic rings. The van der Waals surface area contributed by atoms with E-state index in [4.69, 9.17) is 0 Å². The molecule has 1 nitrogen and oxygen atoms in total. The van der Waals surface area contributed by atoms with Crippen molar-refractivity contribution in [2.45, 2.75) is 0 Å². The van der Waals surface area contributed by atoms with Crippen molar-refractivity contribution >= 4 is 59.6 Å². The zero-order chi connectivity index (χ0) is 24.1. The van der Waals surface area contributed by atoms with E-state index in [1.807, 2.05) is 0 Å². The smallest absolute Gasteiger partial charge is 0.0626 e. The minimum atomic E-state index is 1.24. The van der Waals surface area contributed by atoms with E-state index >= 15 is 0 Å². The van der Waals surface area contributed by atoms with Gasteiger partial charge in [0.2, 0.25) is 0 Å². The van der Waals surface area contributed by atoms with Crippen molar-refractivity contribution < 1.29 is 0 Å². The molecule has 7 aromatic carbocycles. The van der Waals surface area contributed by atoms with Crippen LogP contribution in [0.1, 0.15) is 0 Å². The number of nitrogens with zero attached hydrogens (tertiary/aromatic N) is 1. The maximum atomic E-state index is 2.50. The van der Waals surface area contributed by atoms with Crippen LogP contribution in [0.15, 0.2) is 127 Å². The van der Waals surface area contributed by atoms with Gasteiger partial charge in [-0.05, 0) is 50.5 Å². The van der Waals surface area contributed by atoms with Gasteiger partial charge in [-0.3, -0.25) is 0 Å². The largest absolute Gasteiger partial charge is 0.308 e. The summed E-state index contributed by atoms with van der Waals surface area (Å²) in [6, 6.07) is 46.8. The molecular formula is C36H21N. The maximum absolute atomic E-state index is 2.50. The molecule has 0 spiro atoms. The first kappa shape index (κ1) is 19.3. The van der Waals surface area contributed by atoms with Crippen LogP contribution in [-0.2, 0) is 0 Å². The van der Waals surface area contributed by atoms with Gasteiger partial charge in [0.15, 0.2) is 0 Å². The Hall–Kier alpha value is -4.88. The highest BCUT2D eigenvalue weighted by molar-refractivity contribution is 6.40. The second-order valence-corrected chi connectivity index (χ2v) is 10.1. The summed E-state index contributed by atoms with van der Waals surface area (Å²) < 4.78 is 2.50. The molecule has 170 valence electrons. The first-order valence-electron chi connectivity index (χ1n) is 12.9. The Labute approximate surface area is 213 Å². The van der Waals surface area contributed by atoms with Gasteiger partial charge in [-0.15, -0.1) is 0 Å². The molecule has 0 aliphatic carbocycles. The first-order chi connectivity index (χ1) is 18.4. The fourth-order valence-corrected chi connectivity index (χ4v) is 6.75. The summed E-state index contributed by atoms with van der Waals surface area (Å²) in [5, 5.41) is 10.8. The molecule has 9 aromatic rings. The molecule has 37 heavy (non-hydrogen) atoms. The minimum absolute atomic E-state index is 1.24. The lowest BCUT2D eigenvalue weighted by Gasteiger charge is -2.14. The average Bonchev–Trinajstić information content (AvgIpc) is 3.50. The molecule has 0 unspecified atom stereocenters. The highest BCUT2D eigenvalue weighted by Gasteiger charge is 2.24. The van der Waals surface area contributed by atoms with Crippen LogP contribution in [0.5, 0.6) is 0 Å². The fourth-order valence-electron chi connectivity index (χ4n) is 6.75. The molecule has 0 saturated heterocycles. The van der Waals surface area contributed by atoms with Crippen molar-refractivity contribution in [1.29, 1.82) is 0 Å². The summed E-state index contributed by atoms with van der Waals surface area (Å²) in [5.41, 5.74) is 8.97. The number of hydrogen-bond acceptors (Lipinski definition) is 0. The lowest BCUT2D eigenvalue weighted by Crippen LogP contribution is -1.88. The molecule has 0 atom stereocenters. The summed E-state index contributed by atoms with van der Waals surface area (Å²) in [4.78, 5) is 0. The number of para-hydroxylation sites is 1. The van der Waals surface area contributed by atoms with E-state index in [-0.39, 0.29) is 0 Å². The van der Waals surface area contributed by atoms with Crippen molar-refractivity contribution in [3.05, 3.63) is 127 Å². The van der Waals surface area contributed by atoms with E-state index < -0.39 is 0 Å². The summed E-state index contributed by atoms with van der Waals surface area (Å²) in [6.07, 6.45) is 0. The Morgan fingerprint density at radius 2 is 0.946 bits per heavy atom. The van der Waals surface area contributed by atoms with Crippen LogP contribution in [0.4, 0.5) is 0 Å². The molecule has 0 aliphatic heterocycles. The molecule has 2 heterocycles. The van der Waals surface area contributed by atoms with Gasteiger partial charge in [-0.1, -0.05) is 115 Å². The molecule has 0 fully saturated rings. The second kappa shape index (κ2) is 6.87. The summed E-state index contributed by atoms with van der Waals surface area (Å²) in [6.45, 7) is 0. The molecule has 0 radical (unpaired) electrons. The normalized spacial score (nSPS) is 12.3. The van der Waals surface area contributed by atoms with Gasteiger partial charge in [-0.2, -0.15) is 0 Å². The number of hydrogen-bond donors (Lipinski definition) is 0. The van der Waals surface area contributed by atoms with Crippen LogP contribution in [0.3, 0.4) is 0 Å². The van der Waals surface area contributed by atoms with Crippen molar-refractivity contribution in [3.63, 3.8) is 0 Å². The third-order valence-corrected chi connectivity index (χ3v) is 8.30. The molecule has 0 saturated carbocycles. The molecule has 0 bridgehead atoms. The van der Waals surface area contributed by atoms with Gasteiger partial charge in [0.25, 0.3) is 0 Å². The molecule has 0 amide bonds. The van der Waals surface area contributed by atoms with E-state index in [1.165, 1.54) is 81.9 Å². The Morgan fingerprint density at radius 3 is 1.78 bits per heavy atom. The van der Waals surface area contributed by atoms with Gasteiger partial charge in [0.05, 0.1) is 16.6 Å². The van der Waals surface area contributed by atoms with Crippen LogP contribution in [0, 0.1) is 0 Å². The van der Waals surface area contributed by atoms with Crippen molar-refractivity contribution in [2.75, 3.05) is 0 Å². The van der Waals surface area contributed by atoms with E-state index in [1.54, 1.807) is 0 Å². The number of aromatic nitrogens is 1. The summed E-state index contributed by atoms with van der Waals surface area (Å²) >= 11 is 0. The van der Waals surface area contributed by atoms with Crippen LogP contribution < -0.4 is 0 Å². The maximum Gasteiger partial charge on any atom is 0.0626 e. The topological polar surface area (TPSA) is 4.41 Å². The summed E-state index contributed by atoms with van der Waals surface area (Å²) in [7, 11) is 0. The third kappa shape index (κ3) is 2.39. The van der Waals surface area contributed by atoms with Crippen LogP contribution >= 0.6 is 0 Å². The first-order valence-corrected chi connectivity index (χ1v) is 12.9.